The fraction of sp³-hybridized carbons (Fsp3) is 0.312. The Morgan fingerprint density at radius 3 is 2.64 bits per heavy atom. The SMILES string of the molecule is O=C(O)[C@H]1[C@H](C(=O)Nc2nc3ccccc3s2)[C@H]2C=C[C@H]1C2. The lowest BCUT2D eigenvalue weighted by Gasteiger charge is -2.23. The number of rotatable bonds is 3. The molecule has 1 heterocycles. The van der Waals surface area contributed by atoms with Crippen molar-refractivity contribution in [2.75, 3.05) is 5.32 Å². The third-order valence-electron chi connectivity index (χ3n) is 4.57. The van der Waals surface area contributed by atoms with Gasteiger partial charge in [-0.25, -0.2) is 4.98 Å². The number of hydrogen-bond acceptors (Lipinski definition) is 4. The Labute approximate surface area is 130 Å². The van der Waals surface area contributed by atoms with Crippen LogP contribution in [0, 0.1) is 23.7 Å². The minimum absolute atomic E-state index is 0.0198. The zero-order valence-corrected chi connectivity index (χ0v) is 12.4. The topological polar surface area (TPSA) is 79.3 Å². The number of amides is 1. The molecule has 1 fully saturated rings. The predicted octanol–water partition coefficient (Wildman–Crippen LogP) is 2.76. The molecule has 5 nitrogen and oxygen atoms in total. The maximum Gasteiger partial charge on any atom is 0.307 e. The van der Waals surface area contributed by atoms with E-state index in [0.717, 1.165) is 16.6 Å². The molecule has 2 aliphatic carbocycles. The summed E-state index contributed by atoms with van der Waals surface area (Å²) in [6.45, 7) is 0. The summed E-state index contributed by atoms with van der Waals surface area (Å²) in [5, 5.41) is 12.8. The molecule has 0 aliphatic heterocycles. The highest BCUT2D eigenvalue weighted by Crippen LogP contribution is 2.48. The number of carboxylic acid groups (broad SMARTS) is 1. The van der Waals surface area contributed by atoms with E-state index in [9.17, 15) is 14.7 Å². The molecule has 1 saturated carbocycles. The van der Waals surface area contributed by atoms with Gasteiger partial charge in [-0.2, -0.15) is 0 Å². The lowest BCUT2D eigenvalue weighted by atomic mass is 9.82. The van der Waals surface area contributed by atoms with Crippen LogP contribution in [0.5, 0.6) is 0 Å². The first-order valence-electron chi connectivity index (χ1n) is 7.21. The van der Waals surface area contributed by atoms with Crippen molar-refractivity contribution in [1.29, 1.82) is 0 Å². The average molecular weight is 314 g/mol. The van der Waals surface area contributed by atoms with Gasteiger partial charge in [-0.3, -0.25) is 9.59 Å². The zero-order chi connectivity index (χ0) is 15.3. The highest BCUT2D eigenvalue weighted by atomic mass is 32.1. The number of aliphatic carboxylic acids is 1. The van der Waals surface area contributed by atoms with E-state index in [4.69, 9.17) is 0 Å². The number of nitrogens with zero attached hydrogens (tertiary/aromatic N) is 1. The third-order valence-corrected chi connectivity index (χ3v) is 5.52. The van der Waals surface area contributed by atoms with Crippen molar-refractivity contribution in [2.24, 2.45) is 23.7 Å². The average Bonchev–Trinajstić information content (AvgIpc) is 3.19. The van der Waals surface area contributed by atoms with Crippen LogP contribution in [0.1, 0.15) is 6.42 Å². The smallest absolute Gasteiger partial charge is 0.307 e. The number of hydrogen-bond donors (Lipinski definition) is 2. The number of allylic oxidation sites excluding steroid dienone is 2. The molecule has 4 rings (SSSR count). The fourth-order valence-electron chi connectivity index (χ4n) is 3.63. The van der Waals surface area contributed by atoms with Gasteiger partial charge >= 0.3 is 5.97 Å². The van der Waals surface area contributed by atoms with E-state index < -0.39 is 17.8 Å². The zero-order valence-electron chi connectivity index (χ0n) is 11.6. The van der Waals surface area contributed by atoms with Gasteiger partial charge in [0.05, 0.1) is 22.1 Å². The summed E-state index contributed by atoms with van der Waals surface area (Å²) in [7, 11) is 0. The second-order valence-electron chi connectivity index (χ2n) is 5.81. The quantitative estimate of drug-likeness (QED) is 0.854. The predicted molar refractivity (Wildman–Crippen MR) is 83.6 cm³/mol. The highest BCUT2D eigenvalue weighted by Gasteiger charge is 2.51. The summed E-state index contributed by atoms with van der Waals surface area (Å²) >= 11 is 1.41. The van der Waals surface area contributed by atoms with E-state index in [2.05, 4.69) is 10.3 Å². The minimum Gasteiger partial charge on any atom is -0.481 e. The maximum absolute atomic E-state index is 12.6. The lowest BCUT2D eigenvalue weighted by Crippen LogP contribution is -2.36. The van der Waals surface area contributed by atoms with Crippen LogP contribution in [-0.4, -0.2) is 22.0 Å². The molecule has 1 amide bonds. The normalized spacial score (nSPS) is 29.1. The van der Waals surface area contributed by atoms with Gasteiger partial charge in [0.1, 0.15) is 0 Å². The number of anilines is 1. The molecular weight excluding hydrogens is 300 g/mol. The number of nitrogens with one attached hydrogen (secondary N) is 1. The van der Waals surface area contributed by atoms with Crippen molar-refractivity contribution < 1.29 is 14.7 Å². The van der Waals surface area contributed by atoms with Crippen LogP contribution in [-0.2, 0) is 9.59 Å². The Bertz CT molecular complexity index is 765. The molecule has 0 radical (unpaired) electrons. The molecule has 2 aromatic rings. The van der Waals surface area contributed by atoms with Crippen molar-refractivity contribution in [3.05, 3.63) is 36.4 Å². The number of aromatic nitrogens is 1. The highest BCUT2D eigenvalue weighted by molar-refractivity contribution is 7.22. The van der Waals surface area contributed by atoms with Gasteiger partial charge in [-0.05, 0) is 30.4 Å². The lowest BCUT2D eigenvalue weighted by molar-refractivity contribution is -0.146. The molecule has 4 atom stereocenters. The van der Waals surface area contributed by atoms with Gasteiger partial charge in [0.2, 0.25) is 5.91 Å². The summed E-state index contributed by atoms with van der Waals surface area (Å²) in [5.41, 5.74) is 0.838. The molecule has 2 N–H and O–H groups in total. The van der Waals surface area contributed by atoms with Crippen LogP contribution < -0.4 is 5.32 Å². The molecule has 6 heteroatoms. The molecule has 0 saturated heterocycles. The van der Waals surface area contributed by atoms with Crippen molar-refractivity contribution >= 4 is 38.6 Å². The van der Waals surface area contributed by atoms with E-state index in [-0.39, 0.29) is 17.7 Å². The molecule has 2 bridgehead atoms. The van der Waals surface area contributed by atoms with E-state index in [1.54, 1.807) is 0 Å². The first-order chi connectivity index (χ1) is 10.6. The van der Waals surface area contributed by atoms with Gasteiger partial charge in [0.15, 0.2) is 5.13 Å². The number of thiazole rings is 1. The molecule has 0 spiro atoms. The second kappa shape index (κ2) is 4.91. The van der Waals surface area contributed by atoms with Gasteiger partial charge in [-0.15, -0.1) is 0 Å². The Morgan fingerprint density at radius 1 is 1.18 bits per heavy atom. The van der Waals surface area contributed by atoms with E-state index in [1.165, 1.54) is 11.3 Å². The summed E-state index contributed by atoms with van der Waals surface area (Å²) in [4.78, 5) is 28.4. The van der Waals surface area contributed by atoms with Gasteiger partial charge in [0, 0.05) is 0 Å². The van der Waals surface area contributed by atoms with Crippen LogP contribution in [0.4, 0.5) is 5.13 Å². The van der Waals surface area contributed by atoms with Crippen molar-refractivity contribution in [2.45, 2.75) is 6.42 Å². The summed E-state index contributed by atoms with van der Waals surface area (Å²) < 4.78 is 1.00. The molecule has 22 heavy (non-hydrogen) atoms. The van der Waals surface area contributed by atoms with Crippen LogP contribution >= 0.6 is 11.3 Å². The number of carboxylic acids is 1. The Kier molecular flexibility index (Phi) is 3.00. The van der Waals surface area contributed by atoms with Crippen molar-refractivity contribution in [1.82, 2.24) is 4.98 Å². The number of carbonyl (C=O) groups excluding carboxylic acids is 1. The van der Waals surface area contributed by atoms with Crippen molar-refractivity contribution in [3.8, 4) is 0 Å². The monoisotopic (exact) mass is 314 g/mol. The maximum atomic E-state index is 12.6. The van der Waals surface area contributed by atoms with E-state index >= 15 is 0 Å². The molecule has 112 valence electrons. The van der Waals surface area contributed by atoms with Crippen molar-refractivity contribution in [3.63, 3.8) is 0 Å². The summed E-state index contributed by atoms with van der Waals surface area (Å²) in [6.07, 6.45) is 4.67. The van der Waals surface area contributed by atoms with Crippen LogP contribution in [0.2, 0.25) is 0 Å². The van der Waals surface area contributed by atoms with Crippen LogP contribution in [0.15, 0.2) is 36.4 Å². The molecule has 1 aromatic heterocycles. The number of benzene rings is 1. The third kappa shape index (κ3) is 2.02. The first kappa shape index (κ1) is 13.5. The minimum atomic E-state index is -0.888. The molecular formula is C16H14N2O3S. The second-order valence-corrected chi connectivity index (χ2v) is 6.84. The standard InChI is InChI=1S/C16H14N2O3S/c19-14(12-8-5-6-9(7-8)13(12)15(20)21)18-16-17-10-3-1-2-4-11(10)22-16/h1-6,8-9,12-13H,7H2,(H,20,21)(H,17,18,19)/t8-,9-,12+,13+/m0/s1. The fourth-order valence-corrected chi connectivity index (χ4v) is 4.50. The first-order valence-corrected chi connectivity index (χ1v) is 8.03. The molecule has 0 unspecified atom stereocenters. The Hall–Kier alpha value is -2.21. The van der Waals surface area contributed by atoms with E-state index in [0.29, 0.717) is 5.13 Å². The van der Waals surface area contributed by atoms with Gasteiger partial charge in [0.25, 0.3) is 0 Å². The number of para-hydroxylation sites is 1. The van der Waals surface area contributed by atoms with Crippen LogP contribution in [0.25, 0.3) is 10.2 Å². The Balaban J connectivity index is 1.59. The summed E-state index contributed by atoms with van der Waals surface area (Å²) in [6, 6.07) is 7.66. The van der Waals surface area contributed by atoms with E-state index in [1.807, 2.05) is 36.4 Å². The summed E-state index contributed by atoms with van der Waals surface area (Å²) in [5.74, 6) is -2.23. The number of fused-ring (bicyclic) bond motifs is 3. The largest absolute Gasteiger partial charge is 0.481 e. The number of carbonyl (C=O) groups is 2. The Morgan fingerprint density at radius 2 is 1.91 bits per heavy atom. The van der Waals surface area contributed by atoms with Crippen LogP contribution in [0.3, 0.4) is 0 Å². The van der Waals surface area contributed by atoms with Gasteiger partial charge < -0.3 is 10.4 Å². The van der Waals surface area contributed by atoms with Gasteiger partial charge in [-0.1, -0.05) is 35.6 Å². The molecule has 2 aliphatic rings. The molecule has 1 aromatic carbocycles.